The second-order valence-electron chi connectivity index (χ2n) is 9.04. The molecule has 3 aromatic heterocycles. The van der Waals surface area contributed by atoms with E-state index in [1.54, 1.807) is 18.3 Å². The van der Waals surface area contributed by atoms with Gasteiger partial charge in [0, 0.05) is 33.4 Å². The highest BCUT2D eigenvalue weighted by molar-refractivity contribution is 6.09. The third-order valence-electron chi connectivity index (χ3n) is 6.88. The van der Waals surface area contributed by atoms with Crippen molar-refractivity contribution >= 4 is 49.6 Å². The predicted molar refractivity (Wildman–Crippen MR) is 147 cm³/mol. The van der Waals surface area contributed by atoms with Crippen molar-refractivity contribution < 1.29 is 4.42 Å². The molecule has 6 heteroatoms. The lowest BCUT2D eigenvalue weighted by Gasteiger charge is -2.10. The second-order valence-corrected chi connectivity index (χ2v) is 9.04. The first-order chi connectivity index (χ1) is 18.7. The number of fused-ring (bicyclic) bond motifs is 6. The van der Waals surface area contributed by atoms with Gasteiger partial charge in [-0.05, 0) is 71.8 Å². The zero-order valence-electron chi connectivity index (χ0n) is 19.8. The first kappa shape index (κ1) is 21.4. The Labute approximate surface area is 216 Å². The lowest BCUT2D eigenvalue weighted by Crippen LogP contribution is -1.96. The molecule has 0 radical (unpaired) electrons. The molecule has 0 aliphatic heterocycles. The molecule has 0 amide bonds. The van der Waals surface area contributed by atoms with Gasteiger partial charge in [0.2, 0.25) is 0 Å². The molecule has 7 rings (SSSR count). The van der Waals surface area contributed by atoms with Crippen LogP contribution < -0.4 is 0 Å². The van der Waals surface area contributed by atoms with Gasteiger partial charge in [0.1, 0.15) is 22.9 Å². The Morgan fingerprint density at radius 3 is 2.32 bits per heavy atom. The average molecular weight is 486 g/mol. The minimum Gasteiger partial charge on any atom is -0.456 e. The van der Waals surface area contributed by atoms with Gasteiger partial charge >= 0.3 is 0 Å². The van der Waals surface area contributed by atoms with E-state index in [0.29, 0.717) is 22.5 Å². The van der Waals surface area contributed by atoms with Crippen LogP contribution in [0.5, 0.6) is 0 Å². The van der Waals surface area contributed by atoms with Crippen molar-refractivity contribution in [3.05, 3.63) is 114 Å². The van der Waals surface area contributed by atoms with Gasteiger partial charge in [-0.2, -0.15) is 10.5 Å². The molecule has 6 nitrogen and oxygen atoms in total. The molecule has 0 unspecified atom stereocenters. The fraction of sp³-hybridized carbons (Fsp3) is 0. The summed E-state index contributed by atoms with van der Waals surface area (Å²) < 4.78 is 8.06. The minimum atomic E-state index is 0.467. The second kappa shape index (κ2) is 8.07. The number of rotatable bonds is 2. The van der Waals surface area contributed by atoms with Crippen molar-refractivity contribution in [1.29, 1.82) is 10.5 Å². The summed E-state index contributed by atoms with van der Waals surface area (Å²) in [7, 11) is 0. The minimum absolute atomic E-state index is 0.467. The third kappa shape index (κ3) is 3.14. The average Bonchev–Trinajstić information content (AvgIpc) is 3.50. The summed E-state index contributed by atoms with van der Waals surface area (Å²) >= 11 is 0. The zero-order valence-corrected chi connectivity index (χ0v) is 19.8. The van der Waals surface area contributed by atoms with E-state index in [9.17, 15) is 10.5 Å². The molecule has 0 saturated carbocycles. The third-order valence-corrected chi connectivity index (χ3v) is 6.88. The van der Waals surface area contributed by atoms with E-state index in [2.05, 4.69) is 44.7 Å². The van der Waals surface area contributed by atoms with Crippen LogP contribution in [-0.2, 0) is 0 Å². The maximum Gasteiger partial charge on any atom is 0.188 e. The van der Waals surface area contributed by atoms with Gasteiger partial charge < -0.3 is 4.42 Å². The Kier molecular flexibility index (Phi) is 4.54. The molecule has 0 spiro atoms. The SMILES string of the molecule is [C-]#[N+]c1ccc2oc3ccc(-c4cccc(-n5c6ccc(C#N)cc6c6cc(C#N)cnc65)c4)cc3c2c1. The fourth-order valence-electron chi connectivity index (χ4n) is 5.13. The summed E-state index contributed by atoms with van der Waals surface area (Å²) in [6, 6.07) is 31.5. The zero-order chi connectivity index (χ0) is 25.8. The molecule has 0 fully saturated rings. The number of aromatic nitrogens is 2. The van der Waals surface area contributed by atoms with E-state index >= 15 is 0 Å². The molecular formula is C32H15N5O. The van der Waals surface area contributed by atoms with E-state index in [4.69, 9.17) is 11.0 Å². The fourth-order valence-corrected chi connectivity index (χ4v) is 5.13. The lowest BCUT2D eigenvalue weighted by atomic mass is 10.0. The number of hydrogen-bond donors (Lipinski definition) is 0. The molecule has 174 valence electrons. The van der Waals surface area contributed by atoms with Gasteiger partial charge in [-0.15, -0.1) is 0 Å². The number of nitriles is 2. The smallest absolute Gasteiger partial charge is 0.188 e. The summed E-state index contributed by atoms with van der Waals surface area (Å²) in [6.07, 6.45) is 1.57. The van der Waals surface area contributed by atoms with Crippen LogP contribution in [0.15, 0.2) is 95.5 Å². The number of furan rings is 1. The number of nitrogens with zero attached hydrogens (tertiary/aromatic N) is 5. The summed E-state index contributed by atoms with van der Waals surface area (Å²) in [5.41, 5.74) is 7.68. The Morgan fingerprint density at radius 2 is 1.50 bits per heavy atom. The maximum atomic E-state index is 9.47. The Balaban J connectivity index is 1.44. The number of hydrogen-bond acceptors (Lipinski definition) is 4. The molecule has 0 aliphatic carbocycles. The quantitative estimate of drug-likeness (QED) is 0.232. The highest BCUT2D eigenvalue weighted by Gasteiger charge is 2.16. The van der Waals surface area contributed by atoms with Crippen LogP contribution in [0.4, 0.5) is 5.69 Å². The standard InChI is InChI=1S/C32H15N5O/c1-35-23-7-10-31-27(15-23)26-14-22(6-9-30(26)38-31)21-3-2-4-24(13-21)37-29-8-5-19(16-33)11-25(29)28-12-20(17-34)18-36-32(28)37/h2-15,18H. The Morgan fingerprint density at radius 1 is 0.737 bits per heavy atom. The lowest BCUT2D eigenvalue weighted by molar-refractivity contribution is 0.669. The summed E-state index contributed by atoms with van der Waals surface area (Å²) in [5.74, 6) is 0. The van der Waals surface area contributed by atoms with E-state index < -0.39 is 0 Å². The Hall–Kier alpha value is -5.90. The number of benzene rings is 4. The molecule has 0 aliphatic rings. The highest BCUT2D eigenvalue weighted by atomic mass is 16.3. The summed E-state index contributed by atoms with van der Waals surface area (Å²) in [6.45, 7) is 7.36. The molecule has 7 aromatic rings. The molecule has 0 N–H and O–H groups in total. The van der Waals surface area contributed by atoms with Crippen LogP contribution in [0.3, 0.4) is 0 Å². The van der Waals surface area contributed by atoms with Crippen molar-refractivity contribution in [3.63, 3.8) is 0 Å². The van der Waals surface area contributed by atoms with Gasteiger partial charge in [-0.1, -0.05) is 24.3 Å². The normalized spacial score (nSPS) is 11.1. The van der Waals surface area contributed by atoms with Crippen LogP contribution >= 0.6 is 0 Å². The van der Waals surface area contributed by atoms with E-state index in [0.717, 1.165) is 55.0 Å². The van der Waals surface area contributed by atoms with E-state index in [-0.39, 0.29) is 0 Å². The first-order valence-corrected chi connectivity index (χ1v) is 11.9. The molecular weight excluding hydrogens is 470 g/mol. The largest absolute Gasteiger partial charge is 0.456 e. The van der Waals surface area contributed by atoms with Crippen molar-refractivity contribution in [3.8, 4) is 29.0 Å². The summed E-state index contributed by atoms with van der Waals surface area (Å²) in [5, 5.41) is 22.5. The maximum absolute atomic E-state index is 9.47. The van der Waals surface area contributed by atoms with Crippen molar-refractivity contribution in [1.82, 2.24) is 9.55 Å². The molecule has 0 atom stereocenters. The highest BCUT2D eigenvalue weighted by Crippen LogP contribution is 2.36. The van der Waals surface area contributed by atoms with E-state index in [1.807, 2.05) is 54.6 Å². The topological polar surface area (TPSA) is 82.9 Å². The van der Waals surface area contributed by atoms with Gasteiger partial charge in [0.05, 0.1) is 29.3 Å². The van der Waals surface area contributed by atoms with Crippen LogP contribution in [0.1, 0.15) is 11.1 Å². The Bertz CT molecular complexity index is 2160. The van der Waals surface area contributed by atoms with Crippen LogP contribution in [0, 0.1) is 29.2 Å². The molecule has 0 saturated heterocycles. The summed E-state index contributed by atoms with van der Waals surface area (Å²) in [4.78, 5) is 8.19. The van der Waals surface area contributed by atoms with Crippen molar-refractivity contribution in [2.75, 3.05) is 0 Å². The van der Waals surface area contributed by atoms with Crippen LogP contribution in [-0.4, -0.2) is 9.55 Å². The first-order valence-electron chi connectivity index (χ1n) is 11.9. The monoisotopic (exact) mass is 485 g/mol. The van der Waals surface area contributed by atoms with Crippen molar-refractivity contribution in [2.45, 2.75) is 0 Å². The van der Waals surface area contributed by atoms with Crippen molar-refractivity contribution in [2.24, 2.45) is 0 Å². The molecule has 0 bridgehead atoms. The molecule has 3 heterocycles. The molecule has 4 aromatic carbocycles. The predicted octanol–water partition coefficient (Wildman–Crippen LogP) is 8.04. The van der Waals surface area contributed by atoms with Crippen LogP contribution in [0.2, 0.25) is 0 Å². The molecule has 38 heavy (non-hydrogen) atoms. The van der Waals surface area contributed by atoms with Gasteiger partial charge in [-0.25, -0.2) is 9.83 Å². The van der Waals surface area contributed by atoms with Gasteiger partial charge in [0.15, 0.2) is 5.69 Å². The van der Waals surface area contributed by atoms with Gasteiger partial charge in [0.25, 0.3) is 0 Å². The van der Waals surface area contributed by atoms with Gasteiger partial charge in [-0.3, -0.25) is 4.57 Å². The number of pyridine rings is 1. The van der Waals surface area contributed by atoms with Crippen LogP contribution in [0.25, 0.3) is 65.5 Å². The van der Waals surface area contributed by atoms with E-state index in [1.165, 1.54) is 0 Å².